The van der Waals surface area contributed by atoms with Crippen molar-refractivity contribution in [3.05, 3.63) is 63.6 Å². The predicted octanol–water partition coefficient (Wildman–Crippen LogP) is 4.08. The zero-order chi connectivity index (χ0) is 16.3. The van der Waals surface area contributed by atoms with Crippen LogP contribution < -0.4 is 4.74 Å². The highest BCUT2D eigenvalue weighted by molar-refractivity contribution is 6.42. The van der Waals surface area contributed by atoms with Crippen molar-refractivity contribution < 1.29 is 19.4 Å². The predicted molar refractivity (Wildman–Crippen MR) is 84.1 cm³/mol. The van der Waals surface area contributed by atoms with Gasteiger partial charge >= 0.3 is 5.97 Å². The van der Waals surface area contributed by atoms with Crippen LogP contribution in [0.1, 0.15) is 22.8 Å². The van der Waals surface area contributed by atoms with Crippen LogP contribution in [0, 0.1) is 0 Å². The standard InChI is InChI=1S/C16H12Cl2O4/c1-9(16(20)21)22-12-4-2-3-10(7-12)15(19)11-5-6-13(17)14(18)8-11/h2-9H,1H3,(H,20,21). The summed E-state index contributed by atoms with van der Waals surface area (Å²) in [5.41, 5.74) is 0.756. The topological polar surface area (TPSA) is 63.6 Å². The van der Waals surface area contributed by atoms with Crippen molar-refractivity contribution in [1.82, 2.24) is 0 Å². The molecule has 0 heterocycles. The average Bonchev–Trinajstić information content (AvgIpc) is 2.49. The molecule has 2 aromatic rings. The largest absolute Gasteiger partial charge is 0.479 e. The molecule has 0 fully saturated rings. The Kier molecular flexibility index (Phi) is 5.06. The molecule has 2 aromatic carbocycles. The van der Waals surface area contributed by atoms with Crippen LogP contribution >= 0.6 is 23.2 Å². The molecule has 1 atom stereocenters. The Balaban J connectivity index is 2.26. The van der Waals surface area contributed by atoms with Gasteiger partial charge in [0.15, 0.2) is 11.9 Å². The van der Waals surface area contributed by atoms with E-state index in [-0.39, 0.29) is 5.78 Å². The zero-order valence-corrected chi connectivity index (χ0v) is 13.1. The van der Waals surface area contributed by atoms with Gasteiger partial charge in [0.2, 0.25) is 0 Å². The first-order chi connectivity index (χ1) is 10.4. The highest BCUT2D eigenvalue weighted by Crippen LogP contribution is 2.25. The van der Waals surface area contributed by atoms with Crippen LogP contribution in [-0.4, -0.2) is 23.0 Å². The molecule has 0 spiro atoms. The Labute approximate surface area is 137 Å². The number of hydrogen-bond donors (Lipinski definition) is 1. The molecule has 1 N–H and O–H groups in total. The number of carbonyl (C=O) groups excluding carboxylic acids is 1. The van der Waals surface area contributed by atoms with Gasteiger partial charge in [-0.2, -0.15) is 0 Å². The van der Waals surface area contributed by atoms with Gasteiger partial charge in [0, 0.05) is 11.1 Å². The first kappa shape index (κ1) is 16.3. The maximum absolute atomic E-state index is 12.4. The molecular formula is C16H12Cl2O4. The second-order valence-electron chi connectivity index (χ2n) is 4.58. The highest BCUT2D eigenvalue weighted by atomic mass is 35.5. The van der Waals surface area contributed by atoms with E-state index in [4.69, 9.17) is 33.0 Å². The molecule has 0 radical (unpaired) electrons. The molecule has 1 unspecified atom stereocenters. The van der Waals surface area contributed by atoms with E-state index in [1.165, 1.54) is 19.1 Å². The van der Waals surface area contributed by atoms with Crippen molar-refractivity contribution in [3.8, 4) is 5.75 Å². The molecule has 0 aliphatic rings. The number of halogens is 2. The van der Waals surface area contributed by atoms with Gasteiger partial charge in [-0.25, -0.2) is 4.79 Å². The third kappa shape index (κ3) is 3.78. The first-order valence-electron chi connectivity index (χ1n) is 6.38. The number of rotatable bonds is 5. The molecule has 0 saturated carbocycles. The molecule has 0 bridgehead atoms. The van der Waals surface area contributed by atoms with E-state index in [1.807, 2.05) is 0 Å². The van der Waals surface area contributed by atoms with Crippen molar-refractivity contribution in [2.75, 3.05) is 0 Å². The summed E-state index contributed by atoms with van der Waals surface area (Å²) in [5, 5.41) is 9.49. The zero-order valence-electron chi connectivity index (χ0n) is 11.5. The van der Waals surface area contributed by atoms with Crippen molar-refractivity contribution in [3.63, 3.8) is 0 Å². The summed E-state index contributed by atoms with van der Waals surface area (Å²) in [4.78, 5) is 23.2. The number of ketones is 1. The fourth-order valence-electron chi connectivity index (χ4n) is 1.77. The molecule has 4 nitrogen and oxygen atoms in total. The van der Waals surface area contributed by atoms with E-state index in [2.05, 4.69) is 0 Å². The first-order valence-corrected chi connectivity index (χ1v) is 7.13. The van der Waals surface area contributed by atoms with Gasteiger partial charge in [-0.05, 0) is 37.3 Å². The normalized spacial score (nSPS) is 11.8. The minimum Gasteiger partial charge on any atom is -0.479 e. The third-order valence-electron chi connectivity index (χ3n) is 2.94. The number of aliphatic carboxylic acids is 1. The maximum Gasteiger partial charge on any atom is 0.344 e. The van der Waals surface area contributed by atoms with Crippen LogP contribution in [0.5, 0.6) is 5.75 Å². The Morgan fingerprint density at radius 1 is 1.05 bits per heavy atom. The summed E-state index contributed by atoms with van der Waals surface area (Å²) in [5.74, 6) is -1.03. The molecule has 0 aromatic heterocycles. The fourth-order valence-corrected chi connectivity index (χ4v) is 2.07. The lowest BCUT2D eigenvalue weighted by Gasteiger charge is -2.11. The number of carbonyl (C=O) groups is 2. The van der Waals surface area contributed by atoms with Gasteiger partial charge in [-0.3, -0.25) is 4.79 Å². The molecule has 2 rings (SSSR count). The lowest BCUT2D eigenvalue weighted by molar-refractivity contribution is -0.144. The van der Waals surface area contributed by atoms with Crippen LogP contribution in [-0.2, 0) is 4.79 Å². The number of carboxylic acids is 1. The summed E-state index contributed by atoms with van der Waals surface area (Å²) in [7, 11) is 0. The highest BCUT2D eigenvalue weighted by Gasteiger charge is 2.15. The summed E-state index contributed by atoms with van der Waals surface area (Å²) in [6.07, 6.45) is -1.00. The summed E-state index contributed by atoms with van der Waals surface area (Å²) in [6.45, 7) is 1.41. The molecule has 6 heteroatoms. The molecule has 22 heavy (non-hydrogen) atoms. The fraction of sp³-hybridized carbons (Fsp3) is 0.125. The van der Waals surface area contributed by atoms with Crippen LogP contribution in [0.4, 0.5) is 0 Å². The van der Waals surface area contributed by atoms with E-state index >= 15 is 0 Å². The number of hydrogen-bond acceptors (Lipinski definition) is 3. The molecule has 0 saturated heterocycles. The minimum atomic E-state index is -1.08. The van der Waals surface area contributed by atoms with Gasteiger partial charge in [0.05, 0.1) is 10.0 Å². The summed E-state index contributed by atoms with van der Waals surface area (Å²) in [6, 6.07) is 10.9. The number of carboxylic acid groups (broad SMARTS) is 1. The lowest BCUT2D eigenvalue weighted by Crippen LogP contribution is -2.22. The number of ether oxygens (including phenoxy) is 1. The van der Waals surface area contributed by atoms with Crippen LogP contribution in [0.25, 0.3) is 0 Å². The summed E-state index contributed by atoms with van der Waals surface area (Å²) < 4.78 is 5.25. The van der Waals surface area contributed by atoms with Crippen molar-refractivity contribution in [2.45, 2.75) is 13.0 Å². The van der Waals surface area contributed by atoms with Gasteiger partial charge in [0.1, 0.15) is 5.75 Å². The molecule has 0 aliphatic carbocycles. The van der Waals surface area contributed by atoms with Gasteiger partial charge in [0.25, 0.3) is 0 Å². The van der Waals surface area contributed by atoms with Gasteiger partial charge in [-0.15, -0.1) is 0 Å². The third-order valence-corrected chi connectivity index (χ3v) is 3.68. The SMILES string of the molecule is CC(Oc1cccc(C(=O)c2ccc(Cl)c(Cl)c2)c1)C(=O)O. The van der Waals surface area contributed by atoms with Crippen LogP contribution in [0.2, 0.25) is 10.0 Å². The van der Waals surface area contributed by atoms with Gasteiger partial charge in [-0.1, -0.05) is 35.3 Å². The van der Waals surface area contributed by atoms with Crippen LogP contribution in [0.15, 0.2) is 42.5 Å². The maximum atomic E-state index is 12.4. The smallest absolute Gasteiger partial charge is 0.344 e. The monoisotopic (exact) mass is 338 g/mol. The minimum absolute atomic E-state index is 0.257. The molecule has 114 valence electrons. The van der Waals surface area contributed by atoms with Crippen molar-refractivity contribution >= 4 is 35.0 Å². The summed E-state index contributed by atoms with van der Waals surface area (Å²) >= 11 is 11.7. The van der Waals surface area contributed by atoms with E-state index in [9.17, 15) is 9.59 Å². The van der Waals surface area contributed by atoms with Crippen molar-refractivity contribution in [1.29, 1.82) is 0 Å². The second-order valence-corrected chi connectivity index (χ2v) is 5.40. The molecule has 0 amide bonds. The van der Waals surface area contributed by atoms with Gasteiger partial charge < -0.3 is 9.84 Å². The second kappa shape index (κ2) is 6.81. The molecular weight excluding hydrogens is 327 g/mol. The average molecular weight is 339 g/mol. The Hall–Kier alpha value is -2.04. The Bertz CT molecular complexity index is 728. The number of benzene rings is 2. The van der Waals surface area contributed by atoms with E-state index in [0.29, 0.717) is 26.9 Å². The Morgan fingerprint density at radius 3 is 2.36 bits per heavy atom. The molecule has 0 aliphatic heterocycles. The van der Waals surface area contributed by atoms with E-state index in [0.717, 1.165) is 0 Å². The van der Waals surface area contributed by atoms with E-state index < -0.39 is 12.1 Å². The Morgan fingerprint density at radius 2 is 1.73 bits per heavy atom. The van der Waals surface area contributed by atoms with E-state index in [1.54, 1.807) is 30.3 Å². The quantitative estimate of drug-likeness (QED) is 0.834. The lowest BCUT2D eigenvalue weighted by atomic mass is 10.0. The van der Waals surface area contributed by atoms with Crippen molar-refractivity contribution in [2.24, 2.45) is 0 Å². The van der Waals surface area contributed by atoms with Crippen LogP contribution in [0.3, 0.4) is 0 Å².